The van der Waals surface area contributed by atoms with Crippen LogP contribution >= 0.6 is 0 Å². The van der Waals surface area contributed by atoms with E-state index in [1.165, 1.54) is 51.4 Å². The van der Waals surface area contributed by atoms with Crippen molar-refractivity contribution in [2.24, 2.45) is 17.6 Å². The molecule has 0 heterocycles. The number of hydrogen-bond donors (Lipinski definition) is 2. The third kappa shape index (κ3) is 4.60. The van der Waals surface area contributed by atoms with E-state index in [4.69, 9.17) is 5.73 Å². The number of nitrogens with two attached hydrogens (primary N) is 1. The maximum absolute atomic E-state index is 11.8. The minimum Gasteiger partial charge on any atom is -0.352 e. The summed E-state index contributed by atoms with van der Waals surface area (Å²) in [5.41, 5.74) is 5.69. The van der Waals surface area contributed by atoms with Crippen LogP contribution in [0.15, 0.2) is 0 Å². The van der Waals surface area contributed by atoms with Crippen molar-refractivity contribution in [1.82, 2.24) is 5.32 Å². The zero-order chi connectivity index (χ0) is 12.8. The van der Waals surface area contributed by atoms with Crippen molar-refractivity contribution >= 4 is 5.91 Å². The Morgan fingerprint density at radius 3 is 2.50 bits per heavy atom. The third-order valence-electron chi connectivity index (χ3n) is 4.53. The number of nitrogens with one attached hydrogen (secondary N) is 1. The summed E-state index contributed by atoms with van der Waals surface area (Å²) in [4.78, 5) is 11.8. The Labute approximate surface area is 111 Å². The highest BCUT2D eigenvalue weighted by Gasteiger charge is 2.31. The van der Waals surface area contributed by atoms with Gasteiger partial charge in [0.1, 0.15) is 0 Å². The molecule has 18 heavy (non-hydrogen) atoms. The second-order valence-corrected chi connectivity index (χ2v) is 6.14. The van der Waals surface area contributed by atoms with Crippen molar-refractivity contribution in [2.45, 2.75) is 70.3 Å². The third-order valence-corrected chi connectivity index (χ3v) is 4.53. The number of amides is 1. The Bertz CT molecular complexity index is 257. The van der Waals surface area contributed by atoms with E-state index in [1.54, 1.807) is 0 Å². The fourth-order valence-electron chi connectivity index (χ4n) is 3.17. The minimum absolute atomic E-state index is 0.216. The van der Waals surface area contributed by atoms with Gasteiger partial charge in [-0.1, -0.05) is 32.1 Å². The second-order valence-electron chi connectivity index (χ2n) is 6.14. The molecule has 0 spiro atoms. The van der Waals surface area contributed by atoms with Crippen LogP contribution in [0.2, 0.25) is 0 Å². The number of rotatable bonds is 7. The Hall–Kier alpha value is -0.570. The molecule has 0 radical (unpaired) electrons. The summed E-state index contributed by atoms with van der Waals surface area (Å²) in [6.45, 7) is 0.596. The molecular weight excluding hydrogens is 224 g/mol. The lowest BCUT2D eigenvalue weighted by Crippen LogP contribution is -2.41. The molecule has 2 aliphatic carbocycles. The first-order valence-electron chi connectivity index (χ1n) is 7.79. The molecule has 2 fully saturated rings. The topological polar surface area (TPSA) is 55.1 Å². The highest BCUT2D eigenvalue weighted by Crippen LogP contribution is 2.32. The maximum Gasteiger partial charge on any atom is 0.220 e. The Morgan fingerprint density at radius 2 is 1.89 bits per heavy atom. The Morgan fingerprint density at radius 1 is 1.17 bits per heavy atom. The molecule has 104 valence electrons. The Balaban J connectivity index is 1.56. The van der Waals surface area contributed by atoms with Gasteiger partial charge < -0.3 is 11.1 Å². The van der Waals surface area contributed by atoms with Crippen LogP contribution in [0.1, 0.15) is 64.2 Å². The van der Waals surface area contributed by atoms with Gasteiger partial charge in [-0.2, -0.15) is 0 Å². The van der Waals surface area contributed by atoms with Crippen LogP contribution in [0.25, 0.3) is 0 Å². The standard InChI is InChI=1S/C15H28N2O/c16-11-14(13-9-10-13)17-15(18)8-4-7-12-5-2-1-3-6-12/h12-14H,1-11,16H2,(H,17,18). The predicted octanol–water partition coefficient (Wildman–Crippen LogP) is 2.59. The first kappa shape index (κ1) is 13.9. The average molecular weight is 252 g/mol. The van der Waals surface area contributed by atoms with E-state index < -0.39 is 0 Å². The van der Waals surface area contributed by atoms with Crippen molar-refractivity contribution < 1.29 is 4.79 Å². The molecule has 2 saturated carbocycles. The van der Waals surface area contributed by atoms with E-state index in [1.807, 2.05) is 0 Å². The van der Waals surface area contributed by atoms with Gasteiger partial charge in [0, 0.05) is 19.0 Å². The van der Waals surface area contributed by atoms with Crippen LogP contribution in [-0.4, -0.2) is 18.5 Å². The van der Waals surface area contributed by atoms with Gasteiger partial charge in [0.25, 0.3) is 0 Å². The Kier molecular flexibility index (Phi) is 5.48. The largest absolute Gasteiger partial charge is 0.352 e. The minimum atomic E-state index is 0.216. The molecule has 1 unspecified atom stereocenters. The highest BCUT2D eigenvalue weighted by atomic mass is 16.1. The zero-order valence-corrected chi connectivity index (χ0v) is 11.5. The molecule has 3 heteroatoms. The van der Waals surface area contributed by atoms with Gasteiger partial charge in [0.15, 0.2) is 0 Å². The van der Waals surface area contributed by atoms with E-state index in [-0.39, 0.29) is 11.9 Å². The van der Waals surface area contributed by atoms with Crippen LogP contribution < -0.4 is 11.1 Å². The second kappa shape index (κ2) is 7.13. The van der Waals surface area contributed by atoms with Crippen molar-refractivity contribution in [3.05, 3.63) is 0 Å². The lowest BCUT2D eigenvalue weighted by molar-refractivity contribution is -0.122. The molecule has 0 aromatic rings. The fourth-order valence-corrected chi connectivity index (χ4v) is 3.17. The molecule has 3 N–H and O–H groups in total. The van der Waals surface area contributed by atoms with Gasteiger partial charge in [-0.05, 0) is 37.5 Å². The number of carbonyl (C=O) groups excluding carboxylic acids is 1. The number of carbonyl (C=O) groups is 1. The van der Waals surface area contributed by atoms with Crippen molar-refractivity contribution in [3.63, 3.8) is 0 Å². The smallest absolute Gasteiger partial charge is 0.220 e. The summed E-state index contributed by atoms with van der Waals surface area (Å²) < 4.78 is 0. The van der Waals surface area contributed by atoms with E-state index in [0.29, 0.717) is 18.9 Å². The first-order valence-corrected chi connectivity index (χ1v) is 7.79. The lowest BCUT2D eigenvalue weighted by Gasteiger charge is -2.21. The summed E-state index contributed by atoms with van der Waals surface area (Å²) in [5.74, 6) is 1.77. The first-order chi connectivity index (χ1) is 8.79. The van der Waals surface area contributed by atoms with Crippen LogP contribution in [0.5, 0.6) is 0 Å². The van der Waals surface area contributed by atoms with Gasteiger partial charge in [0.2, 0.25) is 5.91 Å². The van der Waals surface area contributed by atoms with Gasteiger partial charge >= 0.3 is 0 Å². The van der Waals surface area contributed by atoms with Crippen molar-refractivity contribution in [3.8, 4) is 0 Å². The SMILES string of the molecule is NCC(NC(=O)CCCC1CCCCC1)C1CC1. The van der Waals surface area contributed by atoms with Gasteiger partial charge in [0.05, 0.1) is 0 Å². The average Bonchev–Trinajstić information content (AvgIpc) is 3.21. The van der Waals surface area contributed by atoms with Gasteiger partial charge in [-0.15, -0.1) is 0 Å². The zero-order valence-electron chi connectivity index (χ0n) is 11.5. The summed E-state index contributed by atoms with van der Waals surface area (Å²) in [5, 5.41) is 3.10. The van der Waals surface area contributed by atoms with E-state index in [0.717, 1.165) is 12.3 Å². The van der Waals surface area contributed by atoms with E-state index in [2.05, 4.69) is 5.32 Å². The summed E-state index contributed by atoms with van der Waals surface area (Å²) in [6.07, 6.45) is 12.4. The molecule has 3 nitrogen and oxygen atoms in total. The summed E-state index contributed by atoms with van der Waals surface area (Å²) in [6, 6.07) is 0.243. The van der Waals surface area contributed by atoms with Gasteiger partial charge in [-0.3, -0.25) is 4.79 Å². The highest BCUT2D eigenvalue weighted by molar-refractivity contribution is 5.76. The molecule has 1 amide bonds. The molecule has 0 bridgehead atoms. The van der Waals surface area contributed by atoms with Gasteiger partial charge in [-0.25, -0.2) is 0 Å². The molecule has 0 aliphatic heterocycles. The summed E-state index contributed by atoms with van der Waals surface area (Å²) in [7, 11) is 0. The molecule has 0 aromatic carbocycles. The van der Waals surface area contributed by atoms with Crippen molar-refractivity contribution in [2.75, 3.05) is 6.54 Å². The van der Waals surface area contributed by atoms with E-state index in [9.17, 15) is 4.79 Å². The number of hydrogen-bond acceptors (Lipinski definition) is 2. The molecular formula is C15H28N2O. The lowest BCUT2D eigenvalue weighted by atomic mass is 9.86. The molecule has 2 aliphatic rings. The predicted molar refractivity (Wildman–Crippen MR) is 74.1 cm³/mol. The van der Waals surface area contributed by atoms with Crippen LogP contribution in [0, 0.1) is 11.8 Å². The molecule has 1 atom stereocenters. The van der Waals surface area contributed by atoms with Crippen LogP contribution in [0.3, 0.4) is 0 Å². The fraction of sp³-hybridized carbons (Fsp3) is 0.933. The van der Waals surface area contributed by atoms with Crippen LogP contribution in [-0.2, 0) is 4.79 Å². The van der Waals surface area contributed by atoms with Crippen molar-refractivity contribution in [1.29, 1.82) is 0 Å². The summed E-state index contributed by atoms with van der Waals surface area (Å²) >= 11 is 0. The normalized spacial score (nSPS) is 22.7. The van der Waals surface area contributed by atoms with E-state index >= 15 is 0 Å². The van der Waals surface area contributed by atoms with Crippen LogP contribution in [0.4, 0.5) is 0 Å². The molecule has 0 saturated heterocycles. The maximum atomic E-state index is 11.8. The monoisotopic (exact) mass is 252 g/mol. The molecule has 2 rings (SSSR count). The molecule has 0 aromatic heterocycles. The quantitative estimate of drug-likeness (QED) is 0.731.